The van der Waals surface area contributed by atoms with E-state index in [0.717, 1.165) is 0 Å². The number of carbonyl (C=O) groups excluding carboxylic acids is 1. The summed E-state index contributed by atoms with van der Waals surface area (Å²) in [6.07, 6.45) is -5.35. The smallest absolute Gasteiger partial charge is 0.408 e. The van der Waals surface area contributed by atoms with Crippen LogP contribution in [0.5, 0.6) is 0 Å². The van der Waals surface area contributed by atoms with Crippen LogP contribution >= 0.6 is 0 Å². The average Bonchev–Trinajstić information content (AvgIpc) is 2.37. The summed E-state index contributed by atoms with van der Waals surface area (Å²) < 4.78 is 38.6. The largest absolute Gasteiger partial charge is 0.481 e. The molecule has 0 aliphatic heterocycles. The third kappa shape index (κ3) is 6.64. The number of carboxylic acid groups (broad SMARTS) is 1. The molecule has 0 aliphatic carbocycles. The Kier molecular flexibility index (Phi) is 6.01. The van der Waals surface area contributed by atoms with Crippen LogP contribution in [0.4, 0.5) is 18.0 Å². The van der Waals surface area contributed by atoms with Crippen molar-refractivity contribution in [3.8, 4) is 0 Å². The molecule has 1 rings (SSSR count). The monoisotopic (exact) mass is 304 g/mol. The van der Waals surface area contributed by atoms with Gasteiger partial charge in [0.25, 0.3) is 0 Å². The highest BCUT2D eigenvalue weighted by Crippen LogP contribution is 2.23. The summed E-state index contributed by atoms with van der Waals surface area (Å²) in [5.41, 5.74) is 0.436. The molecule has 116 valence electrons. The van der Waals surface area contributed by atoms with Gasteiger partial charge in [-0.05, 0) is 5.56 Å². The predicted octanol–water partition coefficient (Wildman–Crippen LogP) is 1.93. The Bertz CT molecular complexity index is 477. The van der Waals surface area contributed by atoms with Crippen LogP contribution in [0.25, 0.3) is 0 Å². The molecule has 1 unspecified atom stereocenters. The molecule has 21 heavy (non-hydrogen) atoms. The number of aliphatic carboxylic acids is 1. The van der Waals surface area contributed by atoms with Gasteiger partial charge in [-0.2, -0.15) is 13.2 Å². The lowest BCUT2D eigenvalue weighted by molar-refractivity contribution is -0.152. The number of benzene rings is 1. The summed E-state index contributed by atoms with van der Waals surface area (Å²) in [5, 5.41) is 12.3. The Morgan fingerprint density at radius 1 is 1.19 bits per heavy atom. The first-order valence-electron chi connectivity index (χ1n) is 6.16. The van der Waals surface area contributed by atoms with Crippen LogP contribution in [0.15, 0.2) is 30.3 Å². The Morgan fingerprint density at radius 2 is 1.81 bits per heavy atom. The highest BCUT2D eigenvalue weighted by atomic mass is 19.4. The highest BCUT2D eigenvalue weighted by Gasteiger charge is 2.40. The van der Waals surface area contributed by atoms with Crippen LogP contribution in [0.2, 0.25) is 0 Å². The van der Waals surface area contributed by atoms with E-state index in [9.17, 15) is 22.8 Å². The van der Waals surface area contributed by atoms with Gasteiger partial charge in [-0.3, -0.25) is 4.79 Å². The molecule has 3 N–H and O–H groups in total. The summed E-state index contributed by atoms with van der Waals surface area (Å²) in [7, 11) is 0. The third-order valence-corrected chi connectivity index (χ3v) is 2.61. The molecule has 0 aromatic heterocycles. The first-order valence-corrected chi connectivity index (χ1v) is 6.16. The van der Waals surface area contributed by atoms with E-state index in [0.29, 0.717) is 5.56 Å². The van der Waals surface area contributed by atoms with E-state index in [1.54, 1.807) is 18.2 Å². The standard InChI is InChI=1S/C13H15F3N2O3/c14-13(15,16)10(8-9-4-2-1-3-5-9)18-12(21)17-7-6-11(19)20/h1-5,10H,6-8H2,(H,19,20)(H2,17,18,21). The van der Waals surface area contributed by atoms with E-state index in [1.807, 2.05) is 5.32 Å². The van der Waals surface area contributed by atoms with Gasteiger partial charge in [-0.25, -0.2) is 4.79 Å². The minimum atomic E-state index is -4.60. The first-order chi connectivity index (χ1) is 9.79. The fourth-order valence-corrected chi connectivity index (χ4v) is 1.59. The second-order valence-electron chi connectivity index (χ2n) is 4.33. The molecule has 0 spiro atoms. The zero-order valence-corrected chi connectivity index (χ0v) is 11.0. The number of urea groups is 1. The summed E-state index contributed by atoms with van der Waals surface area (Å²) in [4.78, 5) is 21.6. The number of rotatable bonds is 6. The van der Waals surface area contributed by atoms with Crippen LogP contribution in [0.3, 0.4) is 0 Å². The van der Waals surface area contributed by atoms with Crippen LogP contribution in [0.1, 0.15) is 12.0 Å². The van der Waals surface area contributed by atoms with E-state index in [1.165, 1.54) is 12.1 Å². The van der Waals surface area contributed by atoms with Crippen molar-refractivity contribution in [1.29, 1.82) is 0 Å². The molecule has 0 saturated carbocycles. The summed E-state index contributed by atoms with van der Waals surface area (Å²) in [6.45, 7) is -0.239. The molecule has 2 amide bonds. The first kappa shape index (κ1) is 16.8. The zero-order chi connectivity index (χ0) is 15.9. The van der Waals surface area contributed by atoms with Crippen molar-refractivity contribution in [3.63, 3.8) is 0 Å². The molecule has 0 saturated heterocycles. The Labute approximate surface area is 119 Å². The van der Waals surface area contributed by atoms with Gasteiger partial charge in [0.1, 0.15) is 6.04 Å². The maximum atomic E-state index is 12.9. The van der Waals surface area contributed by atoms with Crippen molar-refractivity contribution in [3.05, 3.63) is 35.9 Å². The molecule has 0 heterocycles. The maximum absolute atomic E-state index is 12.9. The van der Waals surface area contributed by atoms with Gasteiger partial charge in [0, 0.05) is 13.0 Å². The average molecular weight is 304 g/mol. The second-order valence-corrected chi connectivity index (χ2v) is 4.33. The third-order valence-electron chi connectivity index (χ3n) is 2.61. The van der Waals surface area contributed by atoms with E-state index >= 15 is 0 Å². The van der Waals surface area contributed by atoms with Gasteiger partial charge in [-0.1, -0.05) is 30.3 Å². The molecule has 0 bridgehead atoms. The van der Waals surface area contributed by atoms with Crippen molar-refractivity contribution in [2.75, 3.05) is 6.54 Å². The Balaban J connectivity index is 2.58. The van der Waals surface area contributed by atoms with Crippen molar-refractivity contribution < 1.29 is 27.9 Å². The number of hydrogen-bond donors (Lipinski definition) is 3. The minimum Gasteiger partial charge on any atom is -0.481 e. The van der Waals surface area contributed by atoms with E-state index in [4.69, 9.17) is 5.11 Å². The normalized spacial score (nSPS) is 12.5. The molecule has 8 heteroatoms. The van der Waals surface area contributed by atoms with Crippen molar-refractivity contribution in [1.82, 2.24) is 10.6 Å². The number of carbonyl (C=O) groups is 2. The number of carboxylic acids is 1. The van der Waals surface area contributed by atoms with Crippen molar-refractivity contribution in [2.45, 2.75) is 25.1 Å². The molecule has 0 fully saturated rings. The van der Waals surface area contributed by atoms with Crippen LogP contribution in [0, 0.1) is 0 Å². The number of nitrogens with one attached hydrogen (secondary N) is 2. The molecule has 1 aromatic carbocycles. The van der Waals surface area contributed by atoms with Crippen molar-refractivity contribution in [2.24, 2.45) is 0 Å². The van der Waals surface area contributed by atoms with Crippen LogP contribution in [-0.2, 0) is 11.2 Å². The SMILES string of the molecule is O=C(O)CCNC(=O)NC(Cc1ccccc1)C(F)(F)F. The lowest BCUT2D eigenvalue weighted by Gasteiger charge is -2.22. The van der Waals surface area contributed by atoms with Gasteiger partial charge < -0.3 is 15.7 Å². The number of hydrogen-bond acceptors (Lipinski definition) is 2. The van der Waals surface area contributed by atoms with E-state index < -0.39 is 30.6 Å². The minimum absolute atomic E-state index is 0.239. The zero-order valence-electron chi connectivity index (χ0n) is 11.0. The number of amides is 2. The molecular formula is C13H15F3N2O3. The van der Waals surface area contributed by atoms with Gasteiger partial charge in [-0.15, -0.1) is 0 Å². The van der Waals surface area contributed by atoms with Gasteiger partial charge in [0.05, 0.1) is 6.42 Å². The quantitative estimate of drug-likeness (QED) is 0.751. The lowest BCUT2D eigenvalue weighted by Crippen LogP contribution is -2.50. The van der Waals surface area contributed by atoms with E-state index in [-0.39, 0.29) is 13.0 Å². The predicted molar refractivity (Wildman–Crippen MR) is 68.8 cm³/mol. The van der Waals surface area contributed by atoms with E-state index in [2.05, 4.69) is 5.32 Å². The second kappa shape index (κ2) is 7.51. The fraction of sp³-hybridized carbons (Fsp3) is 0.385. The highest BCUT2D eigenvalue weighted by molar-refractivity contribution is 5.75. The van der Waals surface area contributed by atoms with Gasteiger partial charge in [0.2, 0.25) is 0 Å². The van der Waals surface area contributed by atoms with Crippen LogP contribution < -0.4 is 10.6 Å². The summed E-state index contributed by atoms with van der Waals surface area (Å²) in [6, 6.07) is 4.87. The Morgan fingerprint density at radius 3 is 2.33 bits per heavy atom. The molecule has 5 nitrogen and oxygen atoms in total. The number of halogens is 3. The molecule has 0 aliphatic rings. The molecule has 1 aromatic rings. The summed E-state index contributed by atoms with van der Waals surface area (Å²) >= 11 is 0. The summed E-state index contributed by atoms with van der Waals surface area (Å²) in [5.74, 6) is -1.15. The van der Waals surface area contributed by atoms with Gasteiger partial charge in [0.15, 0.2) is 0 Å². The number of alkyl halides is 3. The van der Waals surface area contributed by atoms with Crippen molar-refractivity contribution >= 4 is 12.0 Å². The van der Waals surface area contributed by atoms with Gasteiger partial charge >= 0.3 is 18.2 Å². The van der Waals surface area contributed by atoms with Crippen LogP contribution in [-0.4, -0.2) is 35.9 Å². The lowest BCUT2D eigenvalue weighted by atomic mass is 10.1. The molecule has 1 atom stereocenters. The maximum Gasteiger partial charge on any atom is 0.408 e. The fourth-order valence-electron chi connectivity index (χ4n) is 1.59. The molecule has 0 radical (unpaired) electrons. The molecular weight excluding hydrogens is 289 g/mol. The Hall–Kier alpha value is -2.25. The topological polar surface area (TPSA) is 78.4 Å².